The normalized spacial score (nSPS) is 12.0. The van der Waals surface area contributed by atoms with Gasteiger partial charge in [-0.05, 0) is 36.6 Å². The highest BCUT2D eigenvalue weighted by Crippen LogP contribution is 2.17. The van der Waals surface area contributed by atoms with Gasteiger partial charge in [-0.25, -0.2) is 13.1 Å². The van der Waals surface area contributed by atoms with Crippen LogP contribution in [0.25, 0.3) is 0 Å². The van der Waals surface area contributed by atoms with Crippen LogP contribution in [0.3, 0.4) is 0 Å². The monoisotopic (exact) mass is 286 g/mol. The average Bonchev–Trinajstić information content (AvgIpc) is 2.27. The molecule has 0 amide bonds. The topological polar surface area (TPSA) is 81.4 Å². The summed E-state index contributed by atoms with van der Waals surface area (Å²) in [5, 5.41) is 0. The maximum Gasteiger partial charge on any atom is 0.240 e. The molecule has 0 radical (unpaired) electrons. The molecule has 1 aromatic rings. The number of hydrogen-bond acceptors (Lipinski definition) is 4. The second kappa shape index (κ2) is 6.88. The smallest absolute Gasteiger partial charge is 0.240 e. The van der Waals surface area contributed by atoms with E-state index in [0.717, 1.165) is 0 Å². The predicted octanol–water partition coefficient (Wildman–Crippen LogP) is 1.53. The third-order valence-electron chi connectivity index (χ3n) is 2.48. The molecule has 1 rings (SSSR count). The highest BCUT2D eigenvalue weighted by atomic mass is 32.2. The number of nitrogens with one attached hydrogen (secondary N) is 1. The molecule has 1 aromatic carbocycles. The van der Waals surface area contributed by atoms with Crippen LogP contribution in [0.1, 0.15) is 19.4 Å². The number of hydrogen-bond donors (Lipinski definition) is 2. The van der Waals surface area contributed by atoms with Crippen molar-refractivity contribution in [3.05, 3.63) is 23.8 Å². The molecule has 0 unspecified atom stereocenters. The zero-order valence-electron chi connectivity index (χ0n) is 11.6. The lowest BCUT2D eigenvalue weighted by Gasteiger charge is -2.11. The van der Waals surface area contributed by atoms with Crippen LogP contribution in [0.5, 0.6) is 0 Å². The van der Waals surface area contributed by atoms with Crippen LogP contribution in [0.15, 0.2) is 23.1 Å². The van der Waals surface area contributed by atoms with Gasteiger partial charge in [0.2, 0.25) is 10.0 Å². The van der Waals surface area contributed by atoms with Gasteiger partial charge >= 0.3 is 0 Å². The van der Waals surface area contributed by atoms with E-state index in [2.05, 4.69) is 4.72 Å². The molecule has 19 heavy (non-hydrogen) atoms. The molecule has 0 spiro atoms. The van der Waals surface area contributed by atoms with Crippen molar-refractivity contribution in [2.75, 3.05) is 25.5 Å². The molecule has 3 N–H and O–H groups in total. The van der Waals surface area contributed by atoms with Gasteiger partial charge in [0.15, 0.2) is 0 Å². The van der Waals surface area contributed by atoms with Crippen LogP contribution in [-0.4, -0.2) is 28.2 Å². The molecule has 108 valence electrons. The van der Waals surface area contributed by atoms with Gasteiger partial charge in [0.1, 0.15) is 0 Å². The second-order valence-electron chi connectivity index (χ2n) is 4.89. The Bertz CT molecular complexity index is 513. The van der Waals surface area contributed by atoms with E-state index >= 15 is 0 Å². The van der Waals surface area contributed by atoms with E-state index in [1.54, 1.807) is 19.1 Å². The average molecular weight is 286 g/mol. The van der Waals surface area contributed by atoms with Crippen LogP contribution in [0, 0.1) is 12.8 Å². The first kappa shape index (κ1) is 15.9. The molecule has 0 bridgehead atoms. The summed E-state index contributed by atoms with van der Waals surface area (Å²) in [6.07, 6.45) is 0. The molecule has 0 aliphatic heterocycles. The fraction of sp³-hybridized carbons (Fsp3) is 0.538. The molecular formula is C13H22N2O3S. The first-order valence-electron chi connectivity index (χ1n) is 6.26. The van der Waals surface area contributed by atoms with Crippen molar-refractivity contribution < 1.29 is 13.2 Å². The molecule has 0 aromatic heterocycles. The third-order valence-corrected chi connectivity index (χ3v) is 4.10. The number of rotatable bonds is 7. The maximum atomic E-state index is 12.1. The van der Waals surface area contributed by atoms with E-state index in [1.807, 2.05) is 13.8 Å². The first-order valence-corrected chi connectivity index (χ1v) is 7.75. The minimum absolute atomic E-state index is 0.255. The van der Waals surface area contributed by atoms with Gasteiger partial charge in [-0.2, -0.15) is 0 Å². The van der Waals surface area contributed by atoms with Gasteiger partial charge < -0.3 is 10.5 Å². The van der Waals surface area contributed by atoms with Crippen LogP contribution in [0.2, 0.25) is 0 Å². The summed E-state index contributed by atoms with van der Waals surface area (Å²) in [5.74, 6) is 0.441. The maximum absolute atomic E-state index is 12.1. The van der Waals surface area contributed by atoms with Crippen molar-refractivity contribution in [1.82, 2.24) is 4.72 Å². The first-order chi connectivity index (χ1) is 8.83. The summed E-state index contributed by atoms with van der Waals surface area (Å²) in [5.41, 5.74) is 6.79. The number of ether oxygens (including phenoxy) is 1. The van der Waals surface area contributed by atoms with E-state index < -0.39 is 10.0 Å². The molecule has 0 atom stereocenters. The van der Waals surface area contributed by atoms with Gasteiger partial charge in [-0.1, -0.05) is 13.8 Å². The molecule has 6 heteroatoms. The van der Waals surface area contributed by atoms with Gasteiger partial charge in [0, 0.05) is 18.8 Å². The van der Waals surface area contributed by atoms with Crippen LogP contribution in [0.4, 0.5) is 5.69 Å². The number of sulfonamides is 1. The minimum Gasteiger partial charge on any atom is -0.399 e. The van der Waals surface area contributed by atoms with Crippen molar-refractivity contribution in [3.63, 3.8) is 0 Å². The molecule has 0 aliphatic rings. The number of benzene rings is 1. The number of aryl methyl sites for hydroxylation is 1. The molecule has 0 saturated heterocycles. The predicted molar refractivity (Wildman–Crippen MR) is 76.4 cm³/mol. The Balaban J connectivity index is 2.56. The third kappa shape index (κ3) is 5.18. The highest BCUT2D eigenvalue weighted by molar-refractivity contribution is 7.89. The minimum atomic E-state index is -3.49. The molecule has 0 fully saturated rings. The second-order valence-corrected chi connectivity index (χ2v) is 6.63. The van der Waals surface area contributed by atoms with E-state index in [4.69, 9.17) is 10.5 Å². The molecule has 0 heterocycles. The summed E-state index contributed by atoms with van der Waals surface area (Å²) >= 11 is 0. The number of nitrogens with two attached hydrogens (primary N) is 1. The Morgan fingerprint density at radius 2 is 2.05 bits per heavy atom. The molecule has 0 aliphatic carbocycles. The SMILES string of the molecule is Cc1cc(N)ccc1S(=O)(=O)NCCOCC(C)C. The standard InChI is InChI=1S/C13H22N2O3S/c1-10(2)9-18-7-6-15-19(16,17)13-5-4-12(14)8-11(13)3/h4-5,8,10,15H,6-7,9,14H2,1-3H3. The van der Waals surface area contributed by atoms with Gasteiger partial charge in [-0.3, -0.25) is 0 Å². The van der Waals surface area contributed by atoms with Crippen molar-refractivity contribution in [3.8, 4) is 0 Å². The van der Waals surface area contributed by atoms with Crippen LogP contribution >= 0.6 is 0 Å². The summed E-state index contributed by atoms with van der Waals surface area (Å²) in [7, 11) is -3.49. The fourth-order valence-corrected chi connectivity index (χ4v) is 2.86. The summed E-state index contributed by atoms with van der Waals surface area (Å²) in [4.78, 5) is 0.255. The summed E-state index contributed by atoms with van der Waals surface area (Å²) < 4.78 is 32.0. The van der Waals surface area contributed by atoms with Crippen LogP contribution < -0.4 is 10.5 Å². The van der Waals surface area contributed by atoms with Crippen molar-refractivity contribution in [1.29, 1.82) is 0 Å². The lowest BCUT2D eigenvalue weighted by Crippen LogP contribution is -2.28. The fourth-order valence-electron chi connectivity index (χ4n) is 1.62. The Labute approximate surface area is 115 Å². The van der Waals surface area contributed by atoms with Gasteiger partial charge in [-0.15, -0.1) is 0 Å². The molecule has 0 saturated carbocycles. The lowest BCUT2D eigenvalue weighted by molar-refractivity contribution is 0.114. The highest BCUT2D eigenvalue weighted by Gasteiger charge is 2.15. The van der Waals surface area contributed by atoms with Crippen molar-refractivity contribution in [2.45, 2.75) is 25.7 Å². The van der Waals surface area contributed by atoms with Crippen LogP contribution in [-0.2, 0) is 14.8 Å². The molecule has 5 nitrogen and oxygen atoms in total. The Morgan fingerprint density at radius 1 is 1.37 bits per heavy atom. The summed E-state index contributed by atoms with van der Waals surface area (Å²) in [6.45, 7) is 7.07. The zero-order valence-corrected chi connectivity index (χ0v) is 12.5. The van der Waals surface area contributed by atoms with Gasteiger partial charge in [0.25, 0.3) is 0 Å². The van der Waals surface area contributed by atoms with Crippen molar-refractivity contribution >= 4 is 15.7 Å². The van der Waals surface area contributed by atoms with E-state index in [-0.39, 0.29) is 11.4 Å². The zero-order chi connectivity index (χ0) is 14.5. The van der Waals surface area contributed by atoms with Gasteiger partial charge in [0.05, 0.1) is 11.5 Å². The Morgan fingerprint density at radius 3 is 2.63 bits per heavy atom. The van der Waals surface area contributed by atoms with E-state index in [1.165, 1.54) is 6.07 Å². The van der Waals surface area contributed by atoms with Crippen molar-refractivity contribution in [2.24, 2.45) is 5.92 Å². The quantitative estimate of drug-likeness (QED) is 0.588. The number of anilines is 1. The van der Waals surface area contributed by atoms with E-state index in [9.17, 15) is 8.42 Å². The molecular weight excluding hydrogens is 264 g/mol. The Kier molecular flexibility index (Phi) is 5.78. The largest absolute Gasteiger partial charge is 0.399 e. The Hall–Kier alpha value is -1.11. The lowest BCUT2D eigenvalue weighted by atomic mass is 10.2. The number of nitrogen functional groups attached to an aromatic ring is 1. The van der Waals surface area contributed by atoms with E-state index in [0.29, 0.717) is 30.4 Å². The summed E-state index contributed by atoms with van der Waals surface area (Å²) in [6, 6.07) is 4.74.